The first-order valence-electron chi connectivity index (χ1n) is 4.83. The predicted molar refractivity (Wildman–Crippen MR) is 51.2 cm³/mol. The van der Waals surface area contributed by atoms with Gasteiger partial charge in [-0.25, -0.2) is 4.79 Å². The van der Waals surface area contributed by atoms with Crippen LogP contribution in [0.3, 0.4) is 0 Å². The molecular formula is C10H17NO2. The van der Waals surface area contributed by atoms with E-state index < -0.39 is 0 Å². The third-order valence-corrected chi connectivity index (χ3v) is 2.27. The first-order chi connectivity index (χ1) is 6.17. The third-order valence-electron chi connectivity index (χ3n) is 2.27. The number of carbonyl (C=O) groups is 1. The maximum absolute atomic E-state index is 11.1. The molecule has 3 nitrogen and oxygen atoms in total. The van der Waals surface area contributed by atoms with E-state index in [0.717, 1.165) is 25.2 Å². The molecule has 0 amide bonds. The molecule has 1 heterocycles. The summed E-state index contributed by atoms with van der Waals surface area (Å²) >= 11 is 0. The zero-order valence-corrected chi connectivity index (χ0v) is 8.54. The van der Waals surface area contributed by atoms with E-state index in [0.29, 0.717) is 0 Å². The average Bonchev–Trinajstić information content (AvgIpc) is 2.04. The Hall–Kier alpha value is -0.990. The van der Waals surface area contributed by atoms with Crippen LogP contribution in [0.1, 0.15) is 27.2 Å². The van der Waals surface area contributed by atoms with Gasteiger partial charge in [0.1, 0.15) is 6.10 Å². The van der Waals surface area contributed by atoms with Gasteiger partial charge in [-0.1, -0.05) is 0 Å². The smallest absolute Gasteiger partial charge is 0.332 e. The second-order valence-corrected chi connectivity index (χ2v) is 3.26. The SMILES string of the molecule is CCN(CC)C1=CC(=O)OC(C)C1. The molecule has 0 aromatic carbocycles. The van der Waals surface area contributed by atoms with Crippen molar-refractivity contribution in [2.75, 3.05) is 13.1 Å². The minimum absolute atomic E-state index is 0.0214. The lowest BCUT2D eigenvalue weighted by Crippen LogP contribution is -2.30. The Labute approximate surface area is 79.4 Å². The topological polar surface area (TPSA) is 29.5 Å². The number of nitrogens with zero attached hydrogens (tertiary/aromatic N) is 1. The van der Waals surface area contributed by atoms with Crippen molar-refractivity contribution in [1.82, 2.24) is 4.90 Å². The Morgan fingerprint density at radius 2 is 2.15 bits per heavy atom. The molecule has 0 aromatic rings. The summed E-state index contributed by atoms with van der Waals surface area (Å²) in [5.41, 5.74) is 1.11. The molecule has 0 spiro atoms. The van der Waals surface area contributed by atoms with Crippen LogP contribution in [-0.4, -0.2) is 30.1 Å². The van der Waals surface area contributed by atoms with Crippen LogP contribution in [0, 0.1) is 0 Å². The van der Waals surface area contributed by atoms with Gasteiger partial charge in [0.05, 0.1) is 0 Å². The number of carbonyl (C=O) groups excluding carboxylic acids is 1. The third kappa shape index (κ3) is 2.47. The zero-order chi connectivity index (χ0) is 9.84. The maximum Gasteiger partial charge on any atom is 0.332 e. The fourth-order valence-corrected chi connectivity index (χ4v) is 1.61. The van der Waals surface area contributed by atoms with Gasteiger partial charge in [0.25, 0.3) is 0 Å². The molecule has 1 atom stereocenters. The standard InChI is InChI=1S/C10H17NO2/c1-4-11(5-2)9-6-8(3)13-10(12)7-9/h7-8H,4-6H2,1-3H3. The highest BCUT2D eigenvalue weighted by atomic mass is 16.5. The molecule has 1 aliphatic rings. The van der Waals surface area contributed by atoms with Crippen molar-refractivity contribution < 1.29 is 9.53 Å². The highest BCUT2D eigenvalue weighted by Crippen LogP contribution is 2.18. The molecule has 1 rings (SSSR count). The molecule has 0 radical (unpaired) electrons. The fraction of sp³-hybridized carbons (Fsp3) is 0.700. The minimum atomic E-state index is -0.208. The van der Waals surface area contributed by atoms with Crippen LogP contribution in [-0.2, 0) is 9.53 Å². The molecule has 0 bridgehead atoms. The largest absolute Gasteiger partial charge is 0.459 e. The van der Waals surface area contributed by atoms with E-state index in [2.05, 4.69) is 18.7 Å². The van der Waals surface area contributed by atoms with E-state index in [4.69, 9.17) is 4.74 Å². The highest BCUT2D eigenvalue weighted by Gasteiger charge is 2.19. The van der Waals surface area contributed by atoms with Gasteiger partial charge < -0.3 is 9.64 Å². The van der Waals surface area contributed by atoms with Crippen LogP contribution in [0.25, 0.3) is 0 Å². The van der Waals surface area contributed by atoms with E-state index in [1.807, 2.05) is 6.92 Å². The summed E-state index contributed by atoms with van der Waals surface area (Å²) < 4.78 is 5.01. The van der Waals surface area contributed by atoms with E-state index in [1.54, 1.807) is 6.08 Å². The summed E-state index contributed by atoms with van der Waals surface area (Å²) in [5, 5.41) is 0. The maximum atomic E-state index is 11.1. The molecule has 0 aromatic heterocycles. The fourth-order valence-electron chi connectivity index (χ4n) is 1.61. The first-order valence-corrected chi connectivity index (χ1v) is 4.83. The zero-order valence-electron chi connectivity index (χ0n) is 8.54. The molecule has 13 heavy (non-hydrogen) atoms. The van der Waals surface area contributed by atoms with E-state index in [9.17, 15) is 4.79 Å². The van der Waals surface area contributed by atoms with Crippen LogP contribution in [0.5, 0.6) is 0 Å². The van der Waals surface area contributed by atoms with Gasteiger partial charge in [-0.05, 0) is 20.8 Å². The Kier molecular flexibility index (Phi) is 3.34. The van der Waals surface area contributed by atoms with Crippen molar-refractivity contribution in [3.8, 4) is 0 Å². The number of hydrogen-bond donors (Lipinski definition) is 0. The van der Waals surface area contributed by atoms with Gasteiger partial charge in [0, 0.05) is 31.3 Å². The van der Waals surface area contributed by atoms with Crippen LogP contribution >= 0.6 is 0 Å². The van der Waals surface area contributed by atoms with Crippen molar-refractivity contribution >= 4 is 5.97 Å². The summed E-state index contributed by atoms with van der Waals surface area (Å²) in [6.07, 6.45) is 2.47. The normalized spacial score (nSPS) is 22.2. The van der Waals surface area contributed by atoms with Gasteiger partial charge in [-0.3, -0.25) is 0 Å². The van der Waals surface area contributed by atoms with Gasteiger partial charge in [-0.15, -0.1) is 0 Å². The summed E-state index contributed by atoms with van der Waals surface area (Å²) in [5.74, 6) is -0.208. The average molecular weight is 183 g/mol. The van der Waals surface area contributed by atoms with Crippen molar-refractivity contribution in [2.24, 2.45) is 0 Å². The van der Waals surface area contributed by atoms with Crippen molar-refractivity contribution in [3.05, 3.63) is 11.8 Å². The van der Waals surface area contributed by atoms with Crippen LogP contribution in [0.4, 0.5) is 0 Å². The number of hydrogen-bond acceptors (Lipinski definition) is 3. The lowest BCUT2D eigenvalue weighted by molar-refractivity contribution is -0.143. The summed E-state index contributed by atoms with van der Waals surface area (Å²) in [6.45, 7) is 8.00. The van der Waals surface area contributed by atoms with Gasteiger partial charge in [0.2, 0.25) is 0 Å². The summed E-state index contributed by atoms with van der Waals surface area (Å²) in [7, 11) is 0. The summed E-state index contributed by atoms with van der Waals surface area (Å²) in [4.78, 5) is 13.3. The van der Waals surface area contributed by atoms with Crippen LogP contribution in [0.2, 0.25) is 0 Å². The van der Waals surface area contributed by atoms with E-state index in [-0.39, 0.29) is 12.1 Å². The Morgan fingerprint density at radius 3 is 2.62 bits per heavy atom. The number of cyclic esters (lactones) is 1. The summed E-state index contributed by atoms with van der Waals surface area (Å²) in [6, 6.07) is 0. The molecule has 1 unspecified atom stereocenters. The van der Waals surface area contributed by atoms with Crippen molar-refractivity contribution in [3.63, 3.8) is 0 Å². The lowest BCUT2D eigenvalue weighted by Gasteiger charge is -2.29. The monoisotopic (exact) mass is 183 g/mol. The molecular weight excluding hydrogens is 166 g/mol. The quantitative estimate of drug-likeness (QED) is 0.622. The molecule has 1 aliphatic heterocycles. The highest BCUT2D eigenvalue weighted by molar-refractivity contribution is 5.83. The molecule has 0 fully saturated rings. The van der Waals surface area contributed by atoms with Gasteiger partial charge in [-0.2, -0.15) is 0 Å². The van der Waals surface area contributed by atoms with Gasteiger partial charge >= 0.3 is 5.97 Å². The molecule has 3 heteroatoms. The van der Waals surface area contributed by atoms with Gasteiger partial charge in [0.15, 0.2) is 0 Å². The minimum Gasteiger partial charge on any atom is -0.459 e. The van der Waals surface area contributed by atoms with Crippen LogP contribution in [0.15, 0.2) is 11.8 Å². The predicted octanol–water partition coefficient (Wildman–Crippen LogP) is 1.55. The Bertz CT molecular complexity index is 219. The second kappa shape index (κ2) is 4.30. The number of ether oxygens (including phenoxy) is 1. The molecule has 0 N–H and O–H groups in total. The number of rotatable bonds is 3. The Morgan fingerprint density at radius 1 is 1.54 bits per heavy atom. The lowest BCUT2D eigenvalue weighted by atomic mass is 10.1. The van der Waals surface area contributed by atoms with E-state index >= 15 is 0 Å². The second-order valence-electron chi connectivity index (χ2n) is 3.26. The molecule has 0 saturated carbocycles. The molecule has 0 aliphatic carbocycles. The molecule has 0 saturated heterocycles. The molecule has 74 valence electrons. The van der Waals surface area contributed by atoms with E-state index in [1.165, 1.54) is 0 Å². The van der Waals surface area contributed by atoms with Crippen molar-refractivity contribution in [1.29, 1.82) is 0 Å². The Balaban J connectivity index is 2.72. The first kappa shape index (κ1) is 10.1. The van der Waals surface area contributed by atoms with Crippen LogP contribution < -0.4 is 0 Å². The number of esters is 1. The van der Waals surface area contributed by atoms with Crippen molar-refractivity contribution in [2.45, 2.75) is 33.3 Å².